The van der Waals surface area contributed by atoms with Crippen LogP contribution in [0.25, 0.3) is 0 Å². The second-order valence-electron chi connectivity index (χ2n) is 5.76. The molecular weight excluding hydrogens is 375 g/mol. The fourth-order valence-corrected chi connectivity index (χ4v) is 2.41. The van der Waals surface area contributed by atoms with Gasteiger partial charge in [-0.05, 0) is 29.8 Å². The Morgan fingerprint density at radius 3 is 2.21 bits per heavy atom. The van der Waals surface area contributed by atoms with Crippen LogP contribution in [0.5, 0.6) is 11.5 Å². The van der Waals surface area contributed by atoms with E-state index in [1.165, 1.54) is 13.2 Å². The zero-order valence-electron chi connectivity index (χ0n) is 16.0. The Balaban J connectivity index is 0.00000392. The van der Waals surface area contributed by atoms with Crippen LogP contribution in [0.3, 0.4) is 0 Å². The number of benzene rings is 2. The summed E-state index contributed by atoms with van der Waals surface area (Å²) >= 11 is 0. The van der Waals surface area contributed by atoms with E-state index in [1.54, 1.807) is 42.5 Å². The summed E-state index contributed by atoms with van der Waals surface area (Å²) < 4.78 is 16.0. The van der Waals surface area contributed by atoms with Crippen LogP contribution in [-0.2, 0) is 16.0 Å². The molecule has 2 N–H and O–H groups in total. The minimum atomic E-state index is -1.03. The molecule has 0 radical (unpaired) electrons. The fraction of sp³-hybridized carbons (Fsp3) is 0.300. The molecule has 144 valence electrons. The first kappa shape index (κ1) is 24.0. The number of hydrogen-bond donors (Lipinski definition) is 2. The van der Waals surface area contributed by atoms with Gasteiger partial charge >= 0.3 is 41.5 Å². The van der Waals surface area contributed by atoms with Gasteiger partial charge in [-0.2, -0.15) is 0 Å². The summed E-state index contributed by atoms with van der Waals surface area (Å²) in [6, 6.07) is 13.6. The normalized spacial score (nSPS) is 11.2. The largest absolute Gasteiger partial charge is 1.00 e. The van der Waals surface area contributed by atoms with E-state index in [4.69, 9.17) is 24.4 Å². The molecule has 0 aliphatic heterocycles. The van der Waals surface area contributed by atoms with Gasteiger partial charge in [-0.25, -0.2) is 9.59 Å². The summed E-state index contributed by atoms with van der Waals surface area (Å²) in [5.74, 6) is -1.03. The zero-order chi connectivity index (χ0) is 19.6. The molecule has 0 saturated heterocycles. The molecule has 8 heteroatoms. The van der Waals surface area contributed by atoms with Crippen molar-refractivity contribution in [3.8, 4) is 11.5 Å². The van der Waals surface area contributed by atoms with Crippen LogP contribution in [0.15, 0.2) is 48.5 Å². The minimum Gasteiger partial charge on any atom is -0.493 e. The molecular formula is C20H22NaO7+. The number of hydrogen-bond acceptors (Lipinski definition) is 5. The van der Waals surface area contributed by atoms with Crippen molar-refractivity contribution >= 4 is 11.9 Å². The average molecular weight is 397 g/mol. The van der Waals surface area contributed by atoms with Gasteiger partial charge in [0.25, 0.3) is 0 Å². The number of methoxy groups -OCH3 is 1. The third-order valence-corrected chi connectivity index (χ3v) is 3.84. The molecule has 0 saturated carbocycles. The van der Waals surface area contributed by atoms with Crippen molar-refractivity contribution in [2.75, 3.05) is 20.3 Å². The molecule has 0 heterocycles. The van der Waals surface area contributed by atoms with Crippen LogP contribution in [0.2, 0.25) is 0 Å². The molecule has 2 aromatic carbocycles. The van der Waals surface area contributed by atoms with Crippen LogP contribution in [0.4, 0.5) is 0 Å². The van der Waals surface area contributed by atoms with Gasteiger partial charge in [0.15, 0.2) is 6.10 Å². The maximum Gasteiger partial charge on any atom is 1.00 e. The molecule has 2 aromatic rings. The van der Waals surface area contributed by atoms with Gasteiger partial charge in [0, 0.05) is 20.0 Å². The molecule has 7 nitrogen and oxygen atoms in total. The van der Waals surface area contributed by atoms with E-state index in [1.807, 2.05) is 0 Å². The molecule has 1 atom stereocenters. The predicted molar refractivity (Wildman–Crippen MR) is 97.6 cm³/mol. The second kappa shape index (κ2) is 12.4. The van der Waals surface area contributed by atoms with Crippen molar-refractivity contribution in [2.24, 2.45) is 0 Å². The van der Waals surface area contributed by atoms with Crippen LogP contribution < -0.4 is 39.0 Å². The third kappa shape index (κ3) is 7.52. The van der Waals surface area contributed by atoms with Crippen molar-refractivity contribution in [1.82, 2.24) is 0 Å². The monoisotopic (exact) mass is 397 g/mol. The molecule has 0 aromatic heterocycles. The number of para-hydroxylation sites is 1. The van der Waals surface area contributed by atoms with E-state index in [2.05, 4.69) is 0 Å². The molecule has 0 amide bonds. The molecule has 0 unspecified atom stereocenters. The molecule has 28 heavy (non-hydrogen) atoms. The first-order chi connectivity index (χ1) is 13.0. The molecule has 0 fully saturated rings. The van der Waals surface area contributed by atoms with Crippen molar-refractivity contribution in [1.29, 1.82) is 0 Å². The Labute approximate surface area is 185 Å². The van der Waals surface area contributed by atoms with Gasteiger partial charge in [-0.1, -0.05) is 24.3 Å². The summed E-state index contributed by atoms with van der Waals surface area (Å²) in [7, 11) is 1.37. The van der Waals surface area contributed by atoms with Crippen molar-refractivity contribution in [3.63, 3.8) is 0 Å². The standard InChI is InChI=1S/C20H22O7.Na/c1-25-18(20(23)24)13-14-7-9-15(10-8-14)26-11-4-12-27-17-6-3-2-5-16(17)19(21)22;/h2-3,5-10,18H,4,11-13H2,1H3,(H,21,22)(H,23,24);/q;+1/t18-;/m0./s1. The van der Waals surface area contributed by atoms with Gasteiger partial charge in [-0.15, -0.1) is 0 Å². The summed E-state index contributed by atoms with van der Waals surface area (Å²) in [5, 5.41) is 18.1. The minimum absolute atomic E-state index is 0. The molecule has 2 rings (SSSR count). The van der Waals surface area contributed by atoms with Gasteiger partial charge in [-0.3, -0.25) is 0 Å². The van der Waals surface area contributed by atoms with E-state index in [0.29, 0.717) is 31.1 Å². The third-order valence-electron chi connectivity index (χ3n) is 3.84. The number of rotatable bonds is 11. The number of aliphatic carboxylic acids is 1. The maximum absolute atomic E-state index is 11.1. The van der Waals surface area contributed by atoms with Crippen molar-refractivity contribution in [2.45, 2.75) is 18.9 Å². The Morgan fingerprint density at radius 2 is 1.61 bits per heavy atom. The average Bonchev–Trinajstić information content (AvgIpc) is 2.66. The summed E-state index contributed by atoms with van der Waals surface area (Å²) in [4.78, 5) is 22.1. The van der Waals surface area contributed by atoms with E-state index >= 15 is 0 Å². The van der Waals surface area contributed by atoms with Crippen LogP contribution in [-0.4, -0.2) is 48.6 Å². The number of aromatic carboxylic acids is 1. The summed E-state index contributed by atoms with van der Waals surface area (Å²) in [6.45, 7) is 0.737. The van der Waals surface area contributed by atoms with E-state index < -0.39 is 18.0 Å². The Morgan fingerprint density at radius 1 is 0.964 bits per heavy atom. The fourth-order valence-electron chi connectivity index (χ4n) is 2.41. The smallest absolute Gasteiger partial charge is 0.493 e. The predicted octanol–water partition coefficient (Wildman–Crippen LogP) is -0.121. The van der Waals surface area contributed by atoms with E-state index in [-0.39, 0.29) is 41.5 Å². The Kier molecular flexibility index (Phi) is 10.6. The molecule has 0 spiro atoms. The molecule has 0 aliphatic rings. The van der Waals surface area contributed by atoms with Gasteiger partial charge in [0.05, 0.1) is 13.2 Å². The summed E-state index contributed by atoms with van der Waals surface area (Å²) in [5.41, 5.74) is 0.968. The van der Waals surface area contributed by atoms with Crippen molar-refractivity contribution in [3.05, 3.63) is 59.7 Å². The maximum atomic E-state index is 11.1. The van der Waals surface area contributed by atoms with E-state index in [0.717, 1.165) is 5.56 Å². The van der Waals surface area contributed by atoms with Gasteiger partial charge in [0.1, 0.15) is 17.1 Å². The van der Waals surface area contributed by atoms with Crippen LogP contribution >= 0.6 is 0 Å². The second-order valence-corrected chi connectivity index (χ2v) is 5.76. The van der Waals surface area contributed by atoms with Crippen LogP contribution in [0, 0.1) is 0 Å². The Bertz CT molecular complexity index is 761. The number of carboxylic acid groups (broad SMARTS) is 2. The number of carboxylic acids is 2. The summed E-state index contributed by atoms with van der Waals surface area (Å²) in [6.07, 6.45) is -0.00810. The molecule has 0 aliphatic carbocycles. The quantitative estimate of drug-likeness (QED) is 0.403. The van der Waals surface area contributed by atoms with E-state index in [9.17, 15) is 9.59 Å². The number of carbonyl (C=O) groups is 2. The molecule has 0 bridgehead atoms. The van der Waals surface area contributed by atoms with Crippen molar-refractivity contribution < 1.29 is 63.6 Å². The first-order valence-corrected chi connectivity index (χ1v) is 8.43. The Hall–Kier alpha value is -2.06. The topological polar surface area (TPSA) is 102 Å². The number of ether oxygens (including phenoxy) is 3. The SMILES string of the molecule is CO[C@@H](Cc1ccc(OCCCOc2ccccc2C(=O)O)cc1)C(=O)O.[Na+]. The van der Waals surface area contributed by atoms with Gasteiger partial charge in [0.2, 0.25) is 0 Å². The van der Waals surface area contributed by atoms with Crippen LogP contribution in [0.1, 0.15) is 22.3 Å². The van der Waals surface area contributed by atoms with Gasteiger partial charge < -0.3 is 24.4 Å². The zero-order valence-corrected chi connectivity index (χ0v) is 18.0. The first-order valence-electron chi connectivity index (χ1n) is 8.43.